The average Bonchev–Trinajstić information content (AvgIpc) is 2.86. The molecule has 1 amide bonds. The van der Waals surface area contributed by atoms with Gasteiger partial charge in [0.15, 0.2) is 0 Å². The number of amides is 1. The monoisotopic (exact) mass is 457 g/mol. The summed E-state index contributed by atoms with van der Waals surface area (Å²) >= 11 is 0. The minimum Gasteiger partial charge on any atom is -0.423 e. The van der Waals surface area contributed by atoms with Gasteiger partial charge < -0.3 is 20.3 Å². The molecule has 0 saturated carbocycles. The van der Waals surface area contributed by atoms with Crippen molar-refractivity contribution in [2.45, 2.75) is 13.1 Å². The van der Waals surface area contributed by atoms with Crippen molar-refractivity contribution >= 4 is 30.1 Å². The molecule has 8 nitrogen and oxygen atoms in total. The van der Waals surface area contributed by atoms with Crippen LogP contribution in [0.3, 0.4) is 0 Å². The van der Waals surface area contributed by atoms with Crippen LogP contribution in [-0.4, -0.2) is 38.0 Å². The van der Waals surface area contributed by atoms with Crippen LogP contribution in [0.1, 0.15) is 21.6 Å². The van der Waals surface area contributed by atoms with E-state index in [1.165, 1.54) is 42.9 Å². The molecule has 0 aliphatic rings. The Morgan fingerprint density at radius 3 is 2.21 bits per heavy atom. The van der Waals surface area contributed by atoms with E-state index in [4.69, 9.17) is 0 Å². The van der Waals surface area contributed by atoms with Crippen molar-refractivity contribution in [2.24, 2.45) is 0 Å². The SMILES string of the molecule is O=C(Nc1ccc(F)cc1)c1cnc(N(Cc2ccccc2)Cc2ccc(B(O)O)cn2)nc1. The van der Waals surface area contributed by atoms with E-state index in [9.17, 15) is 19.2 Å². The number of anilines is 2. The maximum absolute atomic E-state index is 13.1. The van der Waals surface area contributed by atoms with Gasteiger partial charge in [0.1, 0.15) is 5.82 Å². The zero-order valence-corrected chi connectivity index (χ0v) is 18.0. The zero-order chi connectivity index (χ0) is 23.9. The fourth-order valence-corrected chi connectivity index (χ4v) is 3.22. The Balaban J connectivity index is 1.52. The van der Waals surface area contributed by atoms with Crippen molar-refractivity contribution in [1.29, 1.82) is 0 Å². The first-order chi connectivity index (χ1) is 16.5. The fourth-order valence-electron chi connectivity index (χ4n) is 3.22. The van der Waals surface area contributed by atoms with Crippen LogP contribution in [0, 0.1) is 5.82 Å². The van der Waals surface area contributed by atoms with Crippen molar-refractivity contribution in [1.82, 2.24) is 15.0 Å². The number of carbonyl (C=O) groups is 1. The van der Waals surface area contributed by atoms with Gasteiger partial charge in [0.2, 0.25) is 5.95 Å². The molecule has 0 aliphatic heterocycles. The first-order valence-corrected chi connectivity index (χ1v) is 10.5. The number of benzene rings is 2. The number of rotatable bonds is 8. The third kappa shape index (κ3) is 6.00. The number of aromatic nitrogens is 3. The van der Waals surface area contributed by atoms with Gasteiger partial charge in [-0.25, -0.2) is 14.4 Å². The Morgan fingerprint density at radius 2 is 1.59 bits per heavy atom. The molecule has 170 valence electrons. The van der Waals surface area contributed by atoms with Gasteiger partial charge in [0.05, 0.1) is 17.8 Å². The molecule has 0 atom stereocenters. The number of halogens is 1. The summed E-state index contributed by atoms with van der Waals surface area (Å²) in [5.41, 5.74) is 2.73. The van der Waals surface area contributed by atoms with Gasteiger partial charge in [-0.15, -0.1) is 0 Å². The predicted molar refractivity (Wildman–Crippen MR) is 127 cm³/mol. The normalized spacial score (nSPS) is 10.6. The lowest BCUT2D eigenvalue weighted by Crippen LogP contribution is -2.31. The summed E-state index contributed by atoms with van der Waals surface area (Å²) < 4.78 is 13.1. The van der Waals surface area contributed by atoms with Crippen molar-refractivity contribution in [2.75, 3.05) is 10.2 Å². The molecule has 0 aliphatic carbocycles. The molecular weight excluding hydrogens is 436 g/mol. The minimum absolute atomic E-state index is 0.257. The molecule has 10 heteroatoms. The second-order valence-corrected chi connectivity index (χ2v) is 7.53. The number of carbonyl (C=O) groups excluding carboxylic acids is 1. The largest absolute Gasteiger partial charge is 0.490 e. The Morgan fingerprint density at radius 1 is 0.882 bits per heavy atom. The fraction of sp³-hybridized carbons (Fsp3) is 0.0833. The highest BCUT2D eigenvalue weighted by atomic mass is 19.1. The van der Waals surface area contributed by atoms with Gasteiger partial charge in [-0.3, -0.25) is 9.78 Å². The van der Waals surface area contributed by atoms with E-state index in [1.807, 2.05) is 35.2 Å². The zero-order valence-electron chi connectivity index (χ0n) is 18.0. The highest BCUT2D eigenvalue weighted by Crippen LogP contribution is 2.16. The number of hydrogen-bond donors (Lipinski definition) is 3. The Kier molecular flexibility index (Phi) is 7.21. The van der Waals surface area contributed by atoms with Crippen LogP contribution in [0.5, 0.6) is 0 Å². The highest BCUT2D eigenvalue weighted by Gasteiger charge is 2.16. The molecular formula is C24H21BFN5O3. The topological polar surface area (TPSA) is 111 Å². The van der Waals surface area contributed by atoms with E-state index in [1.54, 1.807) is 12.1 Å². The van der Waals surface area contributed by atoms with E-state index in [0.29, 0.717) is 35.9 Å². The second-order valence-electron chi connectivity index (χ2n) is 7.53. The van der Waals surface area contributed by atoms with Crippen molar-refractivity contribution in [3.8, 4) is 0 Å². The maximum Gasteiger partial charge on any atom is 0.490 e. The molecule has 34 heavy (non-hydrogen) atoms. The molecule has 4 aromatic rings. The van der Waals surface area contributed by atoms with Crippen LogP contribution in [0.15, 0.2) is 85.3 Å². The smallest absolute Gasteiger partial charge is 0.423 e. The maximum atomic E-state index is 13.1. The average molecular weight is 457 g/mol. The number of hydrogen-bond acceptors (Lipinski definition) is 7. The second kappa shape index (κ2) is 10.6. The Bertz CT molecular complexity index is 1220. The molecule has 2 aromatic carbocycles. The van der Waals surface area contributed by atoms with Crippen molar-refractivity contribution in [3.05, 3.63) is 108 Å². The molecule has 0 bridgehead atoms. The molecule has 0 saturated heterocycles. The van der Waals surface area contributed by atoms with E-state index in [-0.39, 0.29) is 11.4 Å². The summed E-state index contributed by atoms with van der Waals surface area (Å²) in [6.45, 7) is 0.853. The van der Waals surface area contributed by atoms with Crippen LogP contribution in [0.4, 0.5) is 16.0 Å². The molecule has 4 rings (SSSR count). The Hall–Kier alpha value is -4.15. The summed E-state index contributed by atoms with van der Waals surface area (Å²) in [7, 11) is -1.58. The molecule has 0 fully saturated rings. The number of nitrogens with zero attached hydrogens (tertiary/aromatic N) is 4. The summed E-state index contributed by atoms with van der Waals surface area (Å²) in [6.07, 6.45) is 4.26. The molecule has 2 heterocycles. The van der Waals surface area contributed by atoms with E-state index in [2.05, 4.69) is 20.3 Å². The van der Waals surface area contributed by atoms with Crippen molar-refractivity contribution < 1.29 is 19.2 Å². The minimum atomic E-state index is -1.58. The first-order valence-electron chi connectivity index (χ1n) is 10.5. The van der Waals surface area contributed by atoms with E-state index < -0.39 is 13.0 Å². The molecule has 0 radical (unpaired) electrons. The van der Waals surface area contributed by atoms with Gasteiger partial charge in [-0.2, -0.15) is 0 Å². The van der Waals surface area contributed by atoms with Crippen LogP contribution in [0.2, 0.25) is 0 Å². The third-order valence-electron chi connectivity index (χ3n) is 5.00. The summed E-state index contributed by atoms with van der Waals surface area (Å²) in [5, 5.41) is 21.2. The third-order valence-corrected chi connectivity index (χ3v) is 5.00. The summed E-state index contributed by atoms with van der Waals surface area (Å²) in [4.78, 5) is 27.5. The molecule has 3 N–H and O–H groups in total. The quantitative estimate of drug-likeness (QED) is 0.348. The van der Waals surface area contributed by atoms with Crippen LogP contribution >= 0.6 is 0 Å². The van der Waals surface area contributed by atoms with Gasteiger partial charge in [-0.1, -0.05) is 36.4 Å². The van der Waals surface area contributed by atoms with Crippen LogP contribution < -0.4 is 15.7 Å². The van der Waals surface area contributed by atoms with Gasteiger partial charge >= 0.3 is 7.12 Å². The molecule has 2 aromatic heterocycles. The standard InChI is InChI=1S/C24H21BFN5O3/c26-20-7-10-21(11-8-20)30-23(32)18-12-28-24(29-13-18)31(15-17-4-2-1-3-5-17)16-22-9-6-19(14-27-22)25(33)34/h1-14,33-34H,15-16H2,(H,30,32). The van der Waals surface area contributed by atoms with Crippen LogP contribution in [0.25, 0.3) is 0 Å². The Labute approximate surface area is 195 Å². The predicted octanol–water partition coefficient (Wildman–Crippen LogP) is 2.15. The lowest BCUT2D eigenvalue weighted by Gasteiger charge is -2.22. The van der Waals surface area contributed by atoms with Gasteiger partial charge in [-0.05, 0) is 35.9 Å². The van der Waals surface area contributed by atoms with Gasteiger partial charge in [0.25, 0.3) is 5.91 Å². The van der Waals surface area contributed by atoms with Gasteiger partial charge in [0, 0.05) is 36.3 Å². The number of pyridine rings is 1. The number of nitrogens with one attached hydrogen (secondary N) is 1. The summed E-state index contributed by atoms with van der Waals surface area (Å²) in [5.74, 6) is -0.399. The summed E-state index contributed by atoms with van der Waals surface area (Å²) in [6, 6.07) is 18.5. The van der Waals surface area contributed by atoms with E-state index >= 15 is 0 Å². The lowest BCUT2D eigenvalue weighted by atomic mass is 9.82. The molecule has 0 unspecified atom stereocenters. The highest BCUT2D eigenvalue weighted by molar-refractivity contribution is 6.58. The molecule has 0 spiro atoms. The first kappa shape index (κ1) is 23.0. The lowest BCUT2D eigenvalue weighted by molar-refractivity contribution is 0.102. The van der Waals surface area contributed by atoms with Crippen LogP contribution in [-0.2, 0) is 13.1 Å². The van der Waals surface area contributed by atoms with E-state index in [0.717, 1.165) is 5.56 Å². The van der Waals surface area contributed by atoms with Crippen molar-refractivity contribution in [3.63, 3.8) is 0 Å².